The van der Waals surface area contributed by atoms with Gasteiger partial charge in [0.1, 0.15) is 0 Å². The summed E-state index contributed by atoms with van der Waals surface area (Å²) < 4.78 is 0. The molecular weight excluding hydrogens is 324 g/mol. The number of benzene rings is 2. The third kappa shape index (κ3) is 3.79. The highest BCUT2D eigenvalue weighted by Gasteiger charge is 2.19. The number of carbonyl (C=O) groups is 2. The van der Waals surface area contributed by atoms with Gasteiger partial charge < -0.3 is 10.2 Å². The molecule has 1 aliphatic rings. The van der Waals surface area contributed by atoms with Gasteiger partial charge in [0.15, 0.2) is 0 Å². The fraction of sp³-hybridized carbons (Fsp3) is 0.364. The Kier molecular flexibility index (Phi) is 5.71. The van der Waals surface area contributed by atoms with Crippen LogP contribution in [0.3, 0.4) is 0 Å². The Hall–Kier alpha value is -2.62. The van der Waals surface area contributed by atoms with Gasteiger partial charge >= 0.3 is 0 Å². The Bertz CT molecular complexity index is 768. The van der Waals surface area contributed by atoms with E-state index in [4.69, 9.17) is 0 Å². The molecule has 0 atom stereocenters. The lowest BCUT2D eigenvalue weighted by Crippen LogP contribution is -2.27. The van der Waals surface area contributed by atoms with Crippen LogP contribution in [0.5, 0.6) is 0 Å². The van der Waals surface area contributed by atoms with Gasteiger partial charge in [-0.25, -0.2) is 0 Å². The maximum atomic E-state index is 12.7. The van der Waals surface area contributed by atoms with E-state index in [1.165, 1.54) is 0 Å². The van der Waals surface area contributed by atoms with Gasteiger partial charge in [0.25, 0.3) is 11.8 Å². The first-order valence-electron chi connectivity index (χ1n) is 9.45. The summed E-state index contributed by atoms with van der Waals surface area (Å²) >= 11 is 0. The van der Waals surface area contributed by atoms with Crippen LogP contribution in [0.4, 0.5) is 5.69 Å². The topological polar surface area (TPSA) is 49.4 Å². The summed E-state index contributed by atoms with van der Waals surface area (Å²) in [6, 6.07) is 13.1. The lowest BCUT2D eigenvalue weighted by atomic mass is 10.0. The molecule has 26 heavy (non-hydrogen) atoms. The summed E-state index contributed by atoms with van der Waals surface area (Å²) in [6.45, 7) is 5.83. The molecule has 2 aromatic carbocycles. The number of carbonyl (C=O) groups excluding carboxylic acids is 2. The molecule has 0 aliphatic carbocycles. The van der Waals surface area contributed by atoms with Crippen molar-refractivity contribution in [1.82, 2.24) is 4.90 Å². The molecule has 1 N–H and O–H groups in total. The van der Waals surface area contributed by atoms with E-state index in [0.29, 0.717) is 11.1 Å². The van der Waals surface area contributed by atoms with Crippen LogP contribution in [0, 0.1) is 0 Å². The zero-order valence-corrected chi connectivity index (χ0v) is 15.5. The molecule has 4 nitrogen and oxygen atoms in total. The summed E-state index contributed by atoms with van der Waals surface area (Å²) in [7, 11) is 0. The van der Waals surface area contributed by atoms with Crippen LogP contribution >= 0.6 is 0 Å². The highest BCUT2D eigenvalue weighted by molar-refractivity contribution is 6.05. The van der Waals surface area contributed by atoms with E-state index in [1.807, 2.05) is 23.1 Å². The number of rotatable bonds is 5. The molecule has 1 saturated heterocycles. The monoisotopic (exact) mass is 350 g/mol. The van der Waals surface area contributed by atoms with Gasteiger partial charge in [0.2, 0.25) is 0 Å². The van der Waals surface area contributed by atoms with Gasteiger partial charge in [-0.05, 0) is 61.1 Å². The fourth-order valence-corrected chi connectivity index (χ4v) is 3.46. The quantitative estimate of drug-likeness (QED) is 0.874. The van der Waals surface area contributed by atoms with E-state index in [2.05, 4.69) is 19.2 Å². The lowest BCUT2D eigenvalue weighted by molar-refractivity contribution is 0.0792. The van der Waals surface area contributed by atoms with Crippen molar-refractivity contribution in [3.8, 4) is 0 Å². The maximum Gasteiger partial charge on any atom is 0.255 e. The number of anilines is 1. The fourth-order valence-electron chi connectivity index (χ4n) is 3.46. The van der Waals surface area contributed by atoms with Gasteiger partial charge in [0, 0.05) is 29.9 Å². The number of para-hydroxylation sites is 1. The molecule has 4 heteroatoms. The number of aryl methyl sites for hydroxylation is 2. The van der Waals surface area contributed by atoms with E-state index >= 15 is 0 Å². The Balaban J connectivity index is 1.76. The molecule has 0 spiro atoms. The number of hydrogen-bond donors (Lipinski definition) is 1. The Morgan fingerprint density at radius 1 is 0.885 bits per heavy atom. The van der Waals surface area contributed by atoms with Crippen LogP contribution in [-0.2, 0) is 12.8 Å². The molecule has 0 saturated carbocycles. The lowest BCUT2D eigenvalue weighted by Gasteiger charge is -2.16. The van der Waals surface area contributed by atoms with E-state index in [-0.39, 0.29) is 11.8 Å². The highest BCUT2D eigenvalue weighted by atomic mass is 16.2. The average Bonchev–Trinajstić information content (AvgIpc) is 3.22. The average molecular weight is 350 g/mol. The predicted molar refractivity (Wildman–Crippen MR) is 105 cm³/mol. The second-order valence-corrected chi connectivity index (χ2v) is 6.69. The molecule has 1 heterocycles. The summed E-state index contributed by atoms with van der Waals surface area (Å²) in [5.74, 6) is -0.0835. The molecule has 0 unspecified atom stereocenters. The summed E-state index contributed by atoms with van der Waals surface area (Å²) in [5.41, 5.74) is 4.40. The first-order valence-corrected chi connectivity index (χ1v) is 9.45. The zero-order chi connectivity index (χ0) is 18.5. The van der Waals surface area contributed by atoms with Crippen LogP contribution in [0.1, 0.15) is 58.5 Å². The Morgan fingerprint density at radius 3 is 1.96 bits per heavy atom. The highest BCUT2D eigenvalue weighted by Crippen LogP contribution is 2.23. The van der Waals surface area contributed by atoms with Gasteiger partial charge in [-0.1, -0.05) is 32.0 Å². The normalized spacial score (nSPS) is 13.7. The minimum absolute atomic E-state index is 0.0547. The number of likely N-dealkylation sites (tertiary alicyclic amines) is 1. The smallest absolute Gasteiger partial charge is 0.255 e. The summed E-state index contributed by atoms with van der Waals surface area (Å²) in [6.07, 6.45) is 3.88. The Labute approximate surface area is 155 Å². The van der Waals surface area contributed by atoms with Crippen molar-refractivity contribution in [2.24, 2.45) is 0 Å². The molecule has 2 aromatic rings. The number of nitrogens with one attached hydrogen (secondary N) is 1. The van der Waals surface area contributed by atoms with Crippen molar-refractivity contribution >= 4 is 17.5 Å². The van der Waals surface area contributed by atoms with Crippen LogP contribution in [0.15, 0.2) is 42.5 Å². The number of amides is 2. The van der Waals surface area contributed by atoms with Crippen LogP contribution < -0.4 is 5.32 Å². The predicted octanol–water partition coefficient (Wildman–Crippen LogP) is 4.30. The first kappa shape index (κ1) is 18.2. The van der Waals surface area contributed by atoms with E-state index in [1.54, 1.807) is 24.3 Å². The molecule has 2 amide bonds. The minimum atomic E-state index is -0.138. The van der Waals surface area contributed by atoms with Crippen LogP contribution in [0.25, 0.3) is 0 Å². The van der Waals surface area contributed by atoms with Crippen LogP contribution in [0.2, 0.25) is 0 Å². The van der Waals surface area contributed by atoms with Crippen molar-refractivity contribution in [2.75, 3.05) is 18.4 Å². The minimum Gasteiger partial charge on any atom is -0.339 e. The summed E-state index contributed by atoms with van der Waals surface area (Å²) in [5, 5.41) is 3.07. The SMILES string of the molecule is CCc1cccc(CC)c1NC(=O)c1ccc(C(=O)N2CCCC2)cc1. The molecular formula is C22H26N2O2. The van der Waals surface area contributed by atoms with Gasteiger partial charge in [-0.15, -0.1) is 0 Å². The van der Waals surface area contributed by atoms with E-state index in [9.17, 15) is 9.59 Å². The third-order valence-corrected chi connectivity index (χ3v) is 5.02. The molecule has 136 valence electrons. The number of nitrogens with zero attached hydrogens (tertiary/aromatic N) is 1. The van der Waals surface area contributed by atoms with Crippen LogP contribution in [-0.4, -0.2) is 29.8 Å². The first-order chi connectivity index (χ1) is 12.6. The van der Waals surface area contributed by atoms with Gasteiger partial charge in [0.05, 0.1) is 0 Å². The largest absolute Gasteiger partial charge is 0.339 e. The summed E-state index contributed by atoms with van der Waals surface area (Å²) in [4.78, 5) is 27.0. The van der Waals surface area contributed by atoms with Crippen molar-refractivity contribution in [2.45, 2.75) is 39.5 Å². The maximum absolute atomic E-state index is 12.7. The van der Waals surface area contributed by atoms with E-state index < -0.39 is 0 Å². The number of hydrogen-bond acceptors (Lipinski definition) is 2. The zero-order valence-electron chi connectivity index (χ0n) is 15.5. The van der Waals surface area contributed by atoms with Crippen molar-refractivity contribution in [3.05, 3.63) is 64.7 Å². The Morgan fingerprint density at radius 2 is 1.42 bits per heavy atom. The molecule has 1 aliphatic heterocycles. The molecule has 0 radical (unpaired) electrons. The van der Waals surface area contributed by atoms with Crippen molar-refractivity contribution in [3.63, 3.8) is 0 Å². The third-order valence-electron chi connectivity index (χ3n) is 5.02. The van der Waals surface area contributed by atoms with E-state index in [0.717, 1.165) is 55.6 Å². The molecule has 0 aromatic heterocycles. The molecule has 1 fully saturated rings. The molecule has 0 bridgehead atoms. The second kappa shape index (κ2) is 8.17. The van der Waals surface area contributed by atoms with Crippen molar-refractivity contribution < 1.29 is 9.59 Å². The van der Waals surface area contributed by atoms with Gasteiger partial charge in [-0.3, -0.25) is 9.59 Å². The molecule has 3 rings (SSSR count). The van der Waals surface area contributed by atoms with Gasteiger partial charge in [-0.2, -0.15) is 0 Å². The second-order valence-electron chi connectivity index (χ2n) is 6.69. The standard InChI is InChI=1S/C22H26N2O2/c1-3-16-8-7-9-17(4-2)20(16)23-21(25)18-10-12-19(13-11-18)22(26)24-14-5-6-15-24/h7-13H,3-6,14-15H2,1-2H3,(H,23,25). The van der Waals surface area contributed by atoms with Crippen molar-refractivity contribution in [1.29, 1.82) is 0 Å².